The van der Waals surface area contributed by atoms with Gasteiger partial charge in [-0.25, -0.2) is 0 Å². The minimum Gasteiger partial charge on any atom is -0.497 e. The van der Waals surface area contributed by atoms with E-state index >= 15 is 0 Å². The molecule has 0 aliphatic carbocycles. The molecule has 7 heteroatoms. The minimum atomic E-state index is -0.349. The van der Waals surface area contributed by atoms with E-state index in [2.05, 4.69) is 15.6 Å². The first-order valence-electron chi connectivity index (χ1n) is 8.11. The van der Waals surface area contributed by atoms with Crippen LogP contribution in [0.25, 0.3) is 0 Å². The van der Waals surface area contributed by atoms with Crippen molar-refractivity contribution < 1.29 is 14.3 Å². The Bertz CT molecular complexity index is 945. The molecule has 0 radical (unpaired) electrons. The number of halogens is 1. The predicted molar refractivity (Wildman–Crippen MR) is 106 cm³/mol. The van der Waals surface area contributed by atoms with E-state index in [1.165, 1.54) is 7.11 Å². The number of rotatable bonds is 6. The maximum atomic E-state index is 12.6. The van der Waals surface area contributed by atoms with Crippen LogP contribution >= 0.6 is 11.6 Å². The van der Waals surface area contributed by atoms with E-state index in [1.54, 1.807) is 55.8 Å². The van der Waals surface area contributed by atoms with Gasteiger partial charge in [-0.3, -0.25) is 9.78 Å². The van der Waals surface area contributed by atoms with Gasteiger partial charge in [-0.15, -0.1) is 0 Å². The fourth-order valence-corrected chi connectivity index (χ4v) is 2.55. The molecule has 0 aliphatic rings. The van der Waals surface area contributed by atoms with Crippen molar-refractivity contribution in [2.45, 2.75) is 0 Å². The van der Waals surface area contributed by atoms with E-state index in [1.807, 2.05) is 12.1 Å². The number of carbonyl (C=O) groups excluding carboxylic acids is 1. The van der Waals surface area contributed by atoms with Crippen LogP contribution in [0.2, 0.25) is 5.02 Å². The van der Waals surface area contributed by atoms with Crippen molar-refractivity contribution >= 4 is 34.6 Å². The number of methoxy groups -OCH3 is 2. The Hall–Kier alpha value is -3.25. The molecule has 0 bridgehead atoms. The largest absolute Gasteiger partial charge is 0.497 e. The average molecular weight is 384 g/mol. The molecule has 3 aromatic rings. The molecule has 0 atom stereocenters. The lowest BCUT2D eigenvalue weighted by atomic mass is 10.2. The number of hydrogen-bond acceptors (Lipinski definition) is 5. The first-order chi connectivity index (χ1) is 13.1. The molecule has 0 saturated heterocycles. The van der Waals surface area contributed by atoms with Crippen LogP contribution in [0.15, 0.2) is 60.8 Å². The smallest absolute Gasteiger partial charge is 0.274 e. The lowest BCUT2D eigenvalue weighted by Crippen LogP contribution is -2.14. The second kappa shape index (κ2) is 8.42. The lowest BCUT2D eigenvalue weighted by Gasteiger charge is -2.12. The molecular weight excluding hydrogens is 366 g/mol. The summed E-state index contributed by atoms with van der Waals surface area (Å²) in [6.45, 7) is 0. The second-order valence-electron chi connectivity index (χ2n) is 5.58. The van der Waals surface area contributed by atoms with Crippen molar-refractivity contribution in [1.29, 1.82) is 0 Å². The van der Waals surface area contributed by atoms with Gasteiger partial charge in [0.1, 0.15) is 17.2 Å². The number of aromatic nitrogens is 1. The summed E-state index contributed by atoms with van der Waals surface area (Å²) < 4.78 is 10.5. The molecule has 2 N–H and O–H groups in total. The third kappa shape index (κ3) is 4.68. The van der Waals surface area contributed by atoms with Crippen molar-refractivity contribution in [3.05, 3.63) is 71.5 Å². The lowest BCUT2D eigenvalue weighted by molar-refractivity contribution is 0.102. The maximum absolute atomic E-state index is 12.6. The van der Waals surface area contributed by atoms with E-state index < -0.39 is 0 Å². The zero-order valence-corrected chi connectivity index (χ0v) is 15.6. The SMILES string of the molecule is COc1ccc(NC(=O)c2cc(Nc3ccc(Cl)cc3)ccn2)c(OC)c1. The van der Waals surface area contributed by atoms with Crippen molar-refractivity contribution in [3.63, 3.8) is 0 Å². The molecule has 0 saturated carbocycles. The van der Waals surface area contributed by atoms with Crippen LogP contribution in [0, 0.1) is 0 Å². The third-order valence-corrected chi connectivity index (χ3v) is 4.03. The highest BCUT2D eigenvalue weighted by Gasteiger charge is 2.12. The number of anilines is 3. The third-order valence-electron chi connectivity index (χ3n) is 3.78. The molecule has 27 heavy (non-hydrogen) atoms. The summed E-state index contributed by atoms with van der Waals surface area (Å²) in [7, 11) is 3.09. The van der Waals surface area contributed by atoms with Crippen molar-refractivity contribution in [2.75, 3.05) is 24.9 Å². The highest BCUT2D eigenvalue weighted by molar-refractivity contribution is 6.30. The Labute approximate surface area is 162 Å². The Morgan fingerprint density at radius 3 is 2.44 bits per heavy atom. The molecular formula is C20H18ClN3O3. The summed E-state index contributed by atoms with van der Waals surface area (Å²) in [6, 6.07) is 15.9. The highest BCUT2D eigenvalue weighted by Crippen LogP contribution is 2.29. The summed E-state index contributed by atoms with van der Waals surface area (Å²) in [4.78, 5) is 16.7. The molecule has 0 spiro atoms. The predicted octanol–water partition coefficient (Wildman–Crippen LogP) is 4.75. The molecule has 0 fully saturated rings. The van der Waals surface area contributed by atoms with Gasteiger partial charge in [-0.1, -0.05) is 11.6 Å². The first kappa shape index (κ1) is 18.5. The quantitative estimate of drug-likeness (QED) is 0.642. The molecule has 1 heterocycles. The number of nitrogens with one attached hydrogen (secondary N) is 2. The van der Waals surface area contributed by atoms with Crippen molar-refractivity contribution in [2.24, 2.45) is 0 Å². The van der Waals surface area contributed by atoms with Crippen LogP contribution in [0.5, 0.6) is 11.5 Å². The topological polar surface area (TPSA) is 72.5 Å². The van der Waals surface area contributed by atoms with Gasteiger partial charge in [0, 0.05) is 28.7 Å². The number of amides is 1. The monoisotopic (exact) mass is 383 g/mol. The minimum absolute atomic E-state index is 0.270. The average Bonchev–Trinajstić information content (AvgIpc) is 2.70. The van der Waals surface area contributed by atoms with E-state index in [4.69, 9.17) is 21.1 Å². The first-order valence-corrected chi connectivity index (χ1v) is 8.49. The Morgan fingerprint density at radius 2 is 1.74 bits per heavy atom. The zero-order valence-electron chi connectivity index (χ0n) is 14.8. The number of pyridine rings is 1. The molecule has 6 nitrogen and oxygen atoms in total. The van der Waals surface area contributed by atoms with Gasteiger partial charge in [0.25, 0.3) is 5.91 Å². The molecule has 0 aliphatic heterocycles. The van der Waals surface area contributed by atoms with Crippen LogP contribution in [0.3, 0.4) is 0 Å². The normalized spacial score (nSPS) is 10.2. The Kier molecular flexibility index (Phi) is 5.78. The molecule has 1 amide bonds. The van der Waals surface area contributed by atoms with Crippen LogP contribution in [0.4, 0.5) is 17.1 Å². The highest BCUT2D eigenvalue weighted by atomic mass is 35.5. The van der Waals surface area contributed by atoms with Crippen LogP contribution < -0.4 is 20.1 Å². The molecule has 138 valence electrons. The van der Waals surface area contributed by atoms with Gasteiger partial charge in [0.05, 0.1) is 19.9 Å². The number of ether oxygens (including phenoxy) is 2. The number of nitrogens with zero attached hydrogens (tertiary/aromatic N) is 1. The number of benzene rings is 2. The fourth-order valence-electron chi connectivity index (χ4n) is 2.42. The molecule has 3 rings (SSSR count). The summed E-state index contributed by atoms with van der Waals surface area (Å²) in [6.07, 6.45) is 1.57. The summed E-state index contributed by atoms with van der Waals surface area (Å²) in [5, 5.41) is 6.66. The van der Waals surface area contributed by atoms with Crippen molar-refractivity contribution in [1.82, 2.24) is 4.98 Å². The summed E-state index contributed by atoms with van der Waals surface area (Å²) in [5.74, 6) is 0.786. The standard InChI is InChI=1S/C20H18ClN3O3/c1-26-16-7-8-17(19(12-16)27-2)24-20(25)18-11-15(9-10-22-18)23-14-5-3-13(21)4-6-14/h3-12H,1-2H3,(H,22,23)(H,24,25). The van der Waals surface area contributed by atoms with E-state index in [0.717, 1.165) is 11.4 Å². The van der Waals surface area contributed by atoms with Gasteiger partial charge in [0.15, 0.2) is 0 Å². The number of carbonyl (C=O) groups is 1. The number of hydrogen-bond donors (Lipinski definition) is 2. The van der Waals surface area contributed by atoms with Gasteiger partial charge in [-0.2, -0.15) is 0 Å². The van der Waals surface area contributed by atoms with Crippen molar-refractivity contribution in [3.8, 4) is 11.5 Å². The fraction of sp³-hybridized carbons (Fsp3) is 0.100. The van der Waals surface area contributed by atoms with E-state index in [9.17, 15) is 4.79 Å². The van der Waals surface area contributed by atoms with Gasteiger partial charge < -0.3 is 20.1 Å². The summed E-state index contributed by atoms with van der Waals surface area (Å²) >= 11 is 5.89. The molecule has 1 aromatic heterocycles. The Balaban J connectivity index is 1.76. The van der Waals surface area contributed by atoms with Gasteiger partial charge in [-0.05, 0) is 48.5 Å². The van der Waals surface area contributed by atoms with Crippen LogP contribution in [-0.2, 0) is 0 Å². The summed E-state index contributed by atoms with van der Waals surface area (Å²) in [5.41, 5.74) is 2.39. The Morgan fingerprint density at radius 1 is 0.963 bits per heavy atom. The van der Waals surface area contributed by atoms with Crippen LogP contribution in [-0.4, -0.2) is 25.1 Å². The van der Waals surface area contributed by atoms with E-state index in [-0.39, 0.29) is 11.6 Å². The molecule has 0 unspecified atom stereocenters. The molecule has 2 aromatic carbocycles. The van der Waals surface area contributed by atoms with Gasteiger partial charge in [0.2, 0.25) is 0 Å². The second-order valence-corrected chi connectivity index (χ2v) is 6.02. The zero-order chi connectivity index (χ0) is 19.2. The maximum Gasteiger partial charge on any atom is 0.274 e. The van der Waals surface area contributed by atoms with E-state index in [0.29, 0.717) is 22.2 Å². The van der Waals surface area contributed by atoms with Gasteiger partial charge >= 0.3 is 0 Å². The van der Waals surface area contributed by atoms with Crippen LogP contribution in [0.1, 0.15) is 10.5 Å².